The van der Waals surface area contributed by atoms with Crippen LogP contribution in [0.1, 0.15) is 55.1 Å². The Balaban J connectivity index is 1.66. The Hall–Kier alpha value is -3.80. The number of phenols is 2. The van der Waals surface area contributed by atoms with E-state index in [9.17, 15) is 19.8 Å². The summed E-state index contributed by atoms with van der Waals surface area (Å²) in [6.07, 6.45) is 1.36. The molecule has 182 valence electrons. The van der Waals surface area contributed by atoms with Crippen LogP contribution in [0.3, 0.4) is 0 Å². The third-order valence-corrected chi connectivity index (χ3v) is 6.65. The fourth-order valence-corrected chi connectivity index (χ4v) is 4.41. The summed E-state index contributed by atoms with van der Waals surface area (Å²) in [5.41, 5.74) is 4.25. The van der Waals surface area contributed by atoms with E-state index in [1.54, 1.807) is 25.1 Å². The molecule has 1 fully saturated rings. The van der Waals surface area contributed by atoms with E-state index in [2.05, 4.69) is 26.1 Å². The van der Waals surface area contributed by atoms with Gasteiger partial charge in [-0.2, -0.15) is 0 Å². The minimum atomic E-state index is -0.706. The number of nitrogens with zero attached hydrogens (tertiary/aromatic N) is 1. The second-order valence-corrected chi connectivity index (χ2v) is 10.5. The van der Waals surface area contributed by atoms with Crippen LogP contribution in [0.4, 0.5) is 5.69 Å². The topological polar surface area (TPSA) is 89.9 Å². The van der Waals surface area contributed by atoms with Crippen LogP contribution in [0.25, 0.3) is 11.1 Å². The highest BCUT2D eigenvalue weighted by Gasteiger charge is 2.51. The largest absolute Gasteiger partial charge is 0.504 e. The number of carbonyl (C=O) groups is 2. The number of phenolic OH excluding ortho intramolecular Hbond substituents is 2. The molecule has 35 heavy (non-hydrogen) atoms. The maximum absolute atomic E-state index is 13.3. The highest BCUT2D eigenvalue weighted by Crippen LogP contribution is 2.50. The normalized spacial score (nSPS) is 14.3. The molecule has 0 spiro atoms. The van der Waals surface area contributed by atoms with Crippen LogP contribution in [0, 0.1) is 0 Å². The molecule has 1 aliphatic carbocycles. The molecule has 3 N–H and O–H groups in total. The molecule has 3 aromatic rings. The van der Waals surface area contributed by atoms with Gasteiger partial charge < -0.3 is 20.4 Å². The Morgan fingerprint density at radius 3 is 2.09 bits per heavy atom. The number of carbonyl (C=O) groups excluding carboxylic acids is 2. The molecule has 0 atom stereocenters. The van der Waals surface area contributed by atoms with E-state index in [1.807, 2.05) is 42.5 Å². The van der Waals surface area contributed by atoms with Crippen molar-refractivity contribution in [3.63, 3.8) is 0 Å². The molecular weight excluding hydrogens is 440 g/mol. The zero-order chi connectivity index (χ0) is 25.5. The quantitative estimate of drug-likeness (QED) is 0.432. The molecule has 4 rings (SSSR count). The Labute approximate surface area is 206 Å². The van der Waals surface area contributed by atoms with E-state index in [-0.39, 0.29) is 28.7 Å². The lowest BCUT2D eigenvalue weighted by atomic mass is 9.81. The van der Waals surface area contributed by atoms with E-state index in [4.69, 9.17) is 0 Å². The zero-order valence-electron chi connectivity index (χ0n) is 20.8. The number of amides is 2. The Kier molecular flexibility index (Phi) is 6.09. The van der Waals surface area contributed by atoms with Crippen molar-refractivity contribution in [2.45, 2.75) is 44.4 Å². The Morgan fingerprint density at radius 2 is 1.54 bits per heavy atom. The number of hydrogen-bond donors (Lipinski definition) is 3. The lowest BCUT2D eigenvalue weighted by Crippen LogP contribution is -2.28. The van der Waals surface area contributed by atoms with Crippen molar-refractivity contribution in [3.05, 3.63) is 77.4 Å². The highest BCUT2D eigenvalue weighted by molar-refractivity contribution is 6.02. The number of benzene rings is 3. The van der Waals surface area contributed by atoms with E-state index in [0.717, 1.165) is 16.7 Å². The number of rotatable bonds is 5. The first-order valence-electron chi connectivity index (χ1n) is 11.7. The molecule has 1 saturated carbocycles. The van der Waals surface area contributed by atoms with Crippen molar-refractivity contribution in [2.75, 3.05) is 19.4 Å². The summed E-state index contributed by atoms with van der Waals surface area (Å²) in [7, 11) is 3.46. The SMILES string of the molecule is CN(C)C(=O)c1ccc(-c2cc(NC(=O)C3(c4ccc(O)c(O)c4)CC3)ccc2C(C)(C)C)cc1. The van der Waals surface area contributed by atoms with Gasteiger partial charge in [-0.3, -0.25) is 9.59 Å². The molecule has 2 amide bonds. The van der Waals surface area contributed by atoms with Gasteiger partial charge >= 0.3 is 0 Å². The van der Waals surface area contributed by atoms with Crippen LogP contribution in [0.5, 0.6) is 11.5 Å². The fourth-order valence-electron chi connectivity index (χ4n) is 4.41. The van der Waals surface area contributed by atoms with Gasteiger partial charge in [0, 0.05) is 25.3 Å². The van der Waals surface area contributed by atoms with Gasteiger partial charge in [-0.25, -0.2) is 0 Å². The predicted molar refractivity (Wildman–Crippen MR) is 138 cm³/mol. The van der Waals surface area contributed by atoms with Gasteiger partial charge in [0.1, 0.15) is 0 Å². The molecule has 6 heteroatoms. The van der Waals surface area contributed by atoms with Gasteiger partial charge in [0.15, 0.2) is 11.5 Å². The fraction of sp³-hybridized carbons (Fsp3) is 0.310. The van der Waals surface area contributed by atoms with Gasteiger partial charge in [0.05, 0.1) is 5.41 Å². The van der Waals surface area contributed by atoms with Gasteiger partial charge in [-0.15, -0.1) is 0 Å². The second kappa shape index (κ2) is 8.77. The molecule has 1 aliphatic rings. The minimum absolute atomic E-state index is 0.0522. The first-order chi connectivity index (χ1) is 16.4. The van der Waals surface area contributed by atoms with Crippen LogP contribution in [-0.4, -0.2) is 41.0 Å². The number of aromatic hydroxyl groups is 2. The van der Waals surface area contributed by atoms with Gasteiger partial charge in [-0.05, 0) is 76.9 Å². The lowest BCUT2D eigenvalue weighted by Gasteiger charge is -2.25. The standard InChI is InChI=1S/C29H32N2O4/c1-28(2,3)23-12-11-21(17-22(23)18-6-8-19(9-7-18)26(34)31(4)5)30-27(35)29(14-15-29)20-10-13-24(32)25(33)16-20/h6-13,16-17,32-33H,14-15H2,1-5H3,(H,30,35). The molecule has 3 aromatic carbocycles. The molecule has 0 heterocycles. The van der Waals surface area contributed by atoms with Crippen LogP contribution in [0.2, 0.25) is 0 Å². The Morgan fingerprint density at radius 1 is 0.886 bits per heavy atom. The second-order valence-electron chi connectivity index (χ2n) is 10.5. The smallest absolute Gasteiger partial charge is 0.253 e. The predicted octanol–water partition coefficient (Wildman–Crippen LogP) is 5.43. The van der Waals surface area contributed by atoms with Crippen molar-refractivity contribution in [1.82, 2.24) is 4.90 Å². The van der Waals surface area contributed by atoms with E-state index >= 15 is 0 Å². The minimum Gasteiger partial charge on any atom is -0.504 e. The summed E-state index contributed by atoms with van der Waals surface area (Å²) < 4.78 is 0. The summed E-state index contributed by atoms with van der Waals surface area (Å²) >= 11 is 0. The zero-order valence-corrected chi connectivity index (χ0v) is 20.8. The maximum Gasteiger partial charge on any atom is 0.253 e. The van der Waals surface area contributed by atoms with E-state index in [0.29, 0.717) is 29.7 Å². The number of anilines is 1. The highest BCUT2D eigenvalue weighted by atomic mass is 16.3. The van der Waals surface area contributed by atoms with E-state index in [1.165, 1.54) is 12.1 Å². The first kappa shape index (κ1) is 24.3. The molecule has 0 bridgehead atoms. The molecular formula is C29H32N2O4. The van der Waals surface area contributed by atoms with Crippen molar-refractivity contribution < 1.29 is 19.8 Å². The van der Waals surface area contributed by atoms with Crippen molar-refractivity contribution in [3.8, 4) is 22.6 Å². The summed E-state index contributed by atoms with van der Waals surface area (Å²) in [5, 5.41) is 22.6. The van der Waals surface area contributed by atoms with Crippen LogP contribution in [-0.2, 0) is 15.6 Å². The lowest BCUT2D eigenvalue weighted by molar-refractivity contribution is -0.118. The average Bonchev–Trinajstić information content (AvgIpc) is 3.62. The summed E-state index contributed by atoms with van der Waals surface area (Å²) in [6.45, 7) is 6.43. The van der Waals surface area contributed by atoms with Gasteiger partial charge in [-0.1, -0.05) is 45.0 Å². The van der Waals surface area contributed by atoms with Gasteiger partial charge in [0.2, 0.25) is 5.91 Å². The summed E-state index contributed by atoms with van der Waals surface area (Å²) in [6, 6.07) is 18.0. The molecule has 0 saturated heterocycles. The third-order valence-electron chi connectivity index (χ3n) is 6.65. The summed E-state index contributed by atoms with van der Waals surface area (Å²) in [5.74, 6) is -0.618. The number of hydrogen-bond acceptors (Lipinski definition) is 4. The first-order valence-corrected chi connectivity index (χ1v) is 11.7. The molecule has 0 radical (unpaired) electrons. The van der Waals surface area contributed by atoms with Crippen LogP contribution < -0.4 is 5.32 Å². The van der Waals surface area contributed by atoms with Crippen LogP contribution >= 0.6 is 0 Å². The molecule has 0 unspecified atom stereocenters. The van der Waals surface area contributed by atoms with E-state index < -0.39 is 5.41 Å². The third kappa shape index (κ3) is 4.74. The molecule has 0 aromatic heterocycles. The summed E-state index contributed by atoms with van der Waals surface area (Å²) in [4.78, 5) is 27.2. The average molecular weight is 473 g/mol. The van der Waals surface area contributed by atoms with Crippen molar-refractivity contribution in [1.29, 1.82) is 0 Å². The monoisotopic (exact) mass is 472 g/mol. The molecule has 0 aliphatic heterocycles. The number of nitrogens with one attached hydrogen (secondary N) is 1. The molecule has 6 nitrogen and oxygen atoms in total. The van der Waals surface area contributed by atoms with Crippen molar-refractivity contribution >= 4 is 17.5 Å². The van der Waals surface area contributed by atoms with Crippen molar-refractivity contribution in [2.24, 2.45) is 0 Å². The Bertz CT molecular complexity index is 1280. The van der Waals surface area contributed by atoms with Gasteiger partial charge in [0.25, 0.3) is 5.91 Å². The van der Waals surface area contributed by atoms with Crippen LogP contribution in [0.15, 0.2) is 60.7 Å². The maximum atomic E-state index is 13.3.